The lowest BCUT2D eigenvalue weighted by Gasteiger charge is -2.14. The molecule has 2 heterocycles. The predicted molar refractivity (Wildman–Crippen MR) is 104 cm³/mol. The Kier molecular flexibility index (Phi) is 5.17. The number of ketones is 1. The molecule has 6 nitrogen and oxygen atoms in total. The topological polar surface area (TPSA) is 77.1 Å². The van der Waals surface area contributed by atoms with Crippen molar-refractivity contribution in [2.24, 2.45) is 0 Å². The monoisotopic (exact) mass is 367 g/mol. The second kappa shape index (κ2) is 7.39. The molecule has 0 unspecified atom stereocenters. The zero-order chi connectivity index (χ0) is 19.7. The molecular weight excluding hydrogens is 342 g/mol. The number of furan rings is 1. The van der Waals surface area contributed by atoms with Crippen molar-refractivity contribution in [3.63, 3.8) is 0 Å². The van der Waals surface area contributed by atoms with E-state index in [1.54, 1.807) is 4.68 Å². The number of amides is 1. The Bertz CT molecular complexity index is 1010. The number of hydrogen-bond acceptors (Lipinski definition) is 4. The van der Waals surface area contributed by atoms with Crippen LogP contribution in [-0.4, -0.2) is 21.5 Å². The highest BCUT2D eigenvalue weighted by atomic mass is 16.3. The quantitative estimate of drug-likeness (QED) is 0.668. The lowest BCUT2D eigenvalue weighted by Crippen LogP contribution is -2.26. The van der Waals surface area contributed by atoms with Gasteiger partial charge >= 0.3 is 0 Å². The molecule has 1 aromatic carbocycles. The molecule has 1 atom stereocenters. The van der Waals surface area contributed by atoms with Gasteiger partial charge in [0.15, 0.2) is 5.78 Å². The van der Waals surface area contributed by atoms with E-state index in [-0.39, 0.29) is 24.2 Å². The normalized spacial score (nSPS) is 12.3. The fourth-order valence-electron chi connectivity index (χ4n) is 3.60. The number of aryl methyl sites for hydroxylation is 2. The Morgan fingerprint density at radius 3 is 2.56 bits per heavy atom. The smallest absolute Gasteiger partial charge is 0.222 e. The number of nitrogens with one attached hydrogen (secondary N) is 1. The molecule has 27 heavy (non-hydrogen) atoms. The van der Waals surface area contributed by atoms with E-state index in [9.17, 15) is 9.59 Å². The molecule has 1 amide bonds. The van der Waals surface area contributed by atoms with Gasteiger partial charge in [-0.2, -0.15) is 5.10 Å². The van der Waals surface area contributed by atoms with E-state index < -0.39 is 0 Å². The highest BCUT2D eigenvalue weighted by molar-refractivity contribution is 5.96. The maximum absolute atomic E-state index is 12.4. The summed E-state index contributed by atoms with van der Waals surface area (Å²) in [6.45, 7) is 9.49. The van der Waals surface area contributed by atoms with Crippen LogP contribution in [-0.2, 0) is 11.3 Å². The van der Waals surface area contributed by atoms with Crippen LogP contribution in [0.15, 0.2) is 28.7 Å². The van der Waals surface area contributed by atoms with E-state index in [4.69, 9.17) is 4.42 Å². The minimum Gasteiger partial charge on any atom is -0.459 e. The van der Waals surface area contributed by atoms with E-state index in [0.29, 0.717) is 17.8 Å². The van der Waals surface area contributed by atoms with E-state index in [1.165, 1.54) is 6.92 Å². The lowest BCUT2D eigenvalue weighted by atomic mass is 10.1. The van der Waals surface area contributed by atoms with Crippen LogP contribution in [0.2, 0.25) is 0 Å². The molecule has 0 fully saturated rings. The van der Waals surface area contributed by atoms with E-state index >= 15 is 0 Å². The summed E-state index contributed by atoms with van der Waals surface area (Å²) in [6.07, 6.45) is 0.276. The maximum Gasteiger partial charge on any atom is 0.222 e. The summed E-state index contributed by atoms with van der Waals surface area (Å²) in [5, 5.41) is 8.43. The zero-order valence-electron chi connectivity index (χ0n) is 16.4. The highest BCUT2D eigenvalue weighted by Gasteiger charge is 2.20. The van der Waals surface area contributed by atoms with Gasteiger partial charge < -0.3 is 9.73 Å². The molecule has 0 aliphatic heterocycles. The minimum atomic E-state index is -0.145. The molecule has 0 radical (unpaired) electrons. The van der Waals surface area contributed by atoms with Gasteiger partial charge in [-0.15, -0.1) is 0 Å². The van der Waals surface area contributed by atoms with Crippen LogP contribution in [0.5, 0.6) is 0 Å². The first-order valence-electron chi connectivity index (χ1n) is 9.10. The third-order valence-corrected chi connectivity index (χ3v) is 4.96. The first-order valence-corrected chi connectivity index (χ1v) is 9.10. The number of Topliss-reactive ketones (excluding diaryl/α,β-unsaturated/α-hetero) is 1. The number of nitrogens with zero attached hydrogens (tertiary/aromatic N) is 2. The predicted octanol–water partition coefficient (Wildman–Crippen LogP) is 4.02. The van der Waals surface area contributed by atoms with Gasteiger partial charge in [-0.25, -0.2) is 0 Å². The average Bonchev–Trinajstić information content (AvgIpc) is 3.10. The largest absolute Gasteiger partial charge is 0.459 e. The van der Waals surface area contributed by atoms with Crippen molar-refractivity contribution in [3.05, 3.63) is 52.5 Å². The lowest BCUT2D eigenvalue weighted by molar-refractivity contribution is -0.122. The molecule has 6 heteroatoms. The van der Waals surface area contributed by atoms with Crippen molar-refractivity contribution in [3.8, 4) is 0 Å². The van der Waals surface area contributed by atoms with Crippen molar-refractivity contribution < 1.29 is 14.0 Å². The second-order valence-electron chi connectivity index (χ2n) is 7.02. The molecule has 0 aliphatic carbocycles. The molecular formula is C21H25N3O3. The van der Waals surface area contributed by atoms with Crippen molar-refractivity contribution >= 4 is 22.7 Å². The van der Waals surface area contributed by atoms with Gasteiger partial charge in [0.25, 0.3) is 0 Å². The van der Waals surface area contributed by atoms with Crippen LogP contribution in [0.3, 0.4) is 0 Å². The highest BCUT2D eigenvalue weighted by Crippen LogP contribution is 2.25. The minimum absolute atomic E-state index is 0.00624. The molecule has 142 valence electrons. The fourth-order valence-corrected chi connectivity index (χ4v) is 3.60. The third kappa shape index (κ3) is 3.65. The molecule has 0 spiro atoms. The number of para-hydroxylation sites is 1. The van der Waals surface area contributed by atoms with Crippen LogP contribution in [0.1, 0.15) is 59.4 Å². The van der Waals surface area contributed by atoms with Crippen LogP contribution >= 0.6 is 0 Å². The Balaban J connectivity index is 1.66. The fraction of sp³-hybridized carbons (Fsp3) is 0.381. The molecule has 0 saturated heterocycles. The number of aromatic nitrogens is 2. The van der Waals surface area contributed by atoms with Crippen molar-refractivity contribution in [1.82, 2.24) is 15.1 Å². The Labute approximate surface area is 158 Å². The van der Waals surface area contributed by atoms with E-state index in [0.717, 1.165) is 28.0 Å². The molecule has 1 N–H and O–H groups in total. The Hall–Kier alpha value is -2.89. The number of fused-ring (bicyclic) bond motifs is 1. The standard InChI is InChI=1S/C21H25N3O3/c1-12(24-15(4)21(16(5)25)14(3)23-24)10-20(26)22-11-19-13(2)17-8-6-7-9-18(17)27-19/h6-9,12H,10-11H2,1-5H3,(H,22,26)/t12-/m1/s1. The van der Waals surface area contributed by atoms with Crippen LogP contribution in [0, 0.1) is 20.8 Å². The Morgan fingerprint density at radius 1 is 1.22 bits per heavy atom. The number of carbonyl (C=O) groups excluding carboxylic acids is 2. The van der Waals surface area contributed by atoms with Crippen LogP contribution in [0.4, 0.5) is 0 Å². The number of benzene rings is 1. The van der Waals surface area contributed by atoms with Crippen LogP contribution in [0.25, 0.3) is 11.0 Å². The average molecular weight is 367 g/mol. The van der Waals surface area contributed by atoms with Crippen LogP contribution < -0.4 is 5.32 Å². The molecule has 0 aliphatic rings. The van der Waals surface area contributed by atoms with Crippen molar-refractivity contribution in [1.29, 1.82) is 0 Å². The molecule has 3 aromatic rings. The molecule has 0 saturated carbocycles. The summed E-state index contributed by atoms with van der Waals surface area (Å²) < 4.78 is 7.60. The summed E-state index contributed by atoms with van der Waals surface area (Å²) in [7, 11) is 0. The summed E-state index contributed by atoms with van der Waals surface area (Å²) in [6, 6.07) is 7.69. The second-order valence-corrected chi connectivity index (χ2v) is 7.02. The molecule has 3 rings (SSSR count). The van der Waals surface area contributed by atoms with Crippen molar-refractivity contribution in [2.45, 2.75) is 53.6 Å². The summed E-state index contributed by atoms with van der Waals surface area (Å²) in [5.74, 6) is 0.676. The third-order valence-electron chi connectivity index (χ3n) is 4.96. The number of carbonyl (C=O) groups is 2. The van der Waals surface area contributed by atoms with E-state index in [2.05, 4.69) is 10.4 Å². The zero-order valence-corrected chi connectivity index (χ0v) is 16.4. The van der Waals surface area contributed by atoms with Gasteiger partial charge in [0.2, 0.25) is 5.91 Å². The maximum atomic E-state index is 12.4. The summed E-state index contributed by atoms with van der Waals surface area (Å²) >= 11 is 0. The number of rotatable bonds is 6. The first kappa shape index (κ1) is 18.9. The SMILES string of the molecule is CC(=O)c1c(C)nn([C@H](C)CC(=O)NCc2oc3ccccc3c2C)c1C. The van der Waals surface area contributed by atoms with Gasteiger partial charge in [-0.1, -0.05) is 18.2 Å². The molecule has 2 aromatic heterocycles. The van der Waals surface area contributed by atoms with Gasteiger partial charge in [-0.3, -0.25) is 14.3 Å². The van der Waals surface area contributed by atoms with E-state index in [1.807, 2.05) is 52.0 Å². The molecule has 0 bridgehead atoms. The Morgan fingerprint density at radius 2 is 1.93 bits per heavy atom. The van der Waals surface area contributed by atoms with Crippen molar-refractivity contribution in [2.75, 3.05) is 0 Å². The summed E-state index contributed by atoms with van der Waals surface area (Å²) in [4.78, 5) is 24.2. The van der Waals surface area contributed by atoms with Gasteiger partial charge in [0.05, 0.1) is 23.8 Å². The first-order chi connectivity index (χ1) is 12.8. The number of hydrogen-bond donors (Lipinski definition) is 1. The van der Waals surface area contributed by atoms with Gasteiger partial charge in [-0.05, 0) is 40.7 Å². The summed E-state index contributed by atoms with van der Waals surface area (Å²) in [5.41, 5.74) is 4.01. The van der Waals surface area contributed by atoms with Gasteiger partial charge in [0.1, 0.15) is 11.3 Å². The van der Waals surface area contributed by atoms with Gasteiger partial charge in [0, 0.05) is 23.1 Å².